The zero-order valence-electron chi connectivity index (χ0n) is 31.8. The van der Waals surface area contributed by atoms with Crippen molar-refractivity contribution in [3.8, 4) is 0 Å². The maximum absolute atomic E-state index is 14.1. The summed E-state index contributed by atoms with van der Waals surface area (Å²) in [6, 6.07) is -0.442. The number of carbonyl (C=O) groups is 3. The highest BCUT2D eigenvalue weighted by Crippen LogP contribution is 2.44. The molecule has 0 aliphatic carbocycles. The van der Waals surface area contributed by atoms with Crippen molar-refractivity contribution >= 4 is 17.8 Å². The third-order valence-corrected chi connectivity index (χ3v) is 11.5. The number of nitrogens with one attached hydrogen (secondary N) is 1. The number of alkyl carbamates (subject to hydrolysis) is 1. The van der Waals surface area contributed by atoms with Crippen molar-refractivity contribution in [1.82, 2.24) is 10.2 Å². The molecule has 0 saturated carbocycles. The van der Waals surface area contributed by atoms with Crippen molar-refractivity contribution in [2.75, 3.05) is 34.4 Å². The minimum absolute atomic E-state index is 0.0286. The molecular weight excluding hydrogens is 632 g/mol. The van der Waals surface area contributed by atoms with Gasteiger partial charge in [0.15, 0.2) is 17.7 Å². The number of fused-ring (bicyclic) bond motifs is 4. The summed E-state index contributed by atoms with van der Waals surface area (Å²) in [7, 11) is 5.70. The number of methoxy groups -OCH3 is 1. The highest BCUT2D eigenvalue weighted by Gasteiger charge is 2.57. The highest BCUT2D eigenvalue weighted by atomic mass is 16.7. The average Bonchev–Trinajstić information content (AvgIpc) is 3.37. The molecule has 12 heteroatoms. The number of carbonyl (C=O) groups excluding carboxylic acids is 3. The van der Waals surface area contributed by atoms with E-state index in [9.17, 15) is 14.4 Å². The zero-order chi connectivity index (χ0) is 36.4. The maximum Gasteiger partial charge on any atom is 0.408 e. The van der Waals surface area contributed by atoms with Gasteiger partial charge in [-0.2, -0.15) is 0 Å². The number of ether oxygens (including phenoxy) is 7. The number of amides is 1. The maximum atomic E-state index is 14.1. The molecule has 4 fully saturated rings. The Labute approximate surface area is 293 Å². The van der Waals surface area contributed by atoms with E-state index in [4.69, 9.17) is 33.2 Å². The van der Waals surface area contributed by atoms with Crippen LogP contribution in [0.25, 0.3) is 0 Å². The molecule has 4 heterocycles. The molecule has 0 spiro atoms. The summed E-state index contributed by atoms with van der Waals surface area (Å²) < 4.78 is 44.8. The second kappa shape index (κ2) is 16.1. The van der Waals surface area contributed by atoms with E-state index in [2.05, 4.69) is 37.1 Å². The Morgan fingerprint density at radius 2 is 1.71 bits per heavy atom. The molecule has 12 nitrogen and oxygen atoms in total. The van der Waals surface area contributed by atoms with Gasteiger partial charge < -0.3 is 43.4 Å². The van der Waals surface area contributed by atoms with E-state index < -0.39 is 71.8 Å². The number of nitrogens with zero attached hydrogens (tertiary/aromatic N) is 1. The lowest BCUT2D eigenvalue weighted by Gasteiger charge is -2.49. The van der Waals surface area contributed by atoms with Crippen molar-refractivity contribution in [3.05, 3.63) is 11.6 Å². The van der Waals surface area contributed by atoms with Gasteiger partial charge in [-0.3, -0.25) is 9.59 Å². The molecule has 14 atom stereocenters. The predicted molar refractivity (Wildman–Crippen MR) is 183 cm³/mol. The van der Waals surface area contributed by atoms with E-state index in [1.807, 2.05) is 48.7 Å². The lowest BCUT2D eigenvalue weighted by molar-refractivity contribution is -0.305. The fraction of sp³-hybridized carbons (Fsp3) is 0.865. The molecule has 0 aromatic heterocycles. The van der Waals surface area contributed by atoms with Crippen LogP contribution >= 0.6 is 0 Å². The van der Waals surface area contributed by atoms with E-state index in [0.717, 1.165) is 18.4 Å². The number of esters is 1. The van der Waals surface area contributed by atoms with Crippen LogP contribution in [-0.2, 0) is 42.7 Å². The fourth-order valence-corrected chi connectivity index (χ4v) is 8.95. The molecule has 0 radical (unpaired) electrons. The standard InChI is InChI=1S/C37H62N2O10/c1-13-15-26-20(3)17-36(8)32(48-34-30(43-12)27(39(10)11)16-21(4)46-34)23(6)29(44-18-25(40)19-45-36)24(7)33(41)47-28(14-2)37(9)31(22(26)5)38-35(42)49-37/h15,20-24,27-32,34H,13-14,16-19H2,1-12H3,(H,38,42)/b26-15+/t20-,21-,22+,23+,24-,27+,28-,29+,30-,31-,32-,34+,36+,37-/m1/s1. The Kier molecular flexibility index (Phi) is 13.0. The Morgan fingerprint density at radius 1 is 1.02 bits per heavy atom. The molecule has 1 N–H and O–H groups in total. The van der Waals surface area contributed by atoms with Crippen LogP contribution < -0.4 is 5.32 Å². The molecule has 0 aromatic rings. The first-order valence-corrected chi connectivity index (χ1v) is 18.2. The summed E-state index contributed by atoms with van der Waals surface area (Å²) >= 11 is 0. The van der Waals surface area contributed by atoms with Gasteiger partial charge in [-0.1, -0.05) is 46.3 Å². The first-order valence-electron chi connectivity index (χ1n) is 18.2. The zero-order valence-corrected chi connectivity index (χ0v) is 31.8. The Bertz CT molecular complexity index is 1210. The van der Waals surface area contributed by atoms with Gasteiger partial charge in [-0.25, -0.2) is 4.79 Å². The van der Waals surface area contributed by atoms with Crippen molar-refractivity contribution < 1.29 is 47.5 Å². The second-order valence-electron chi connectivity index (χ2n) is 15.4. The summed E-state index contributed by atoms with van der Waals surface area (Å²) in [6.07, 6.45) is 0.620. The second-order valence-corrected chi connectivity index (χ2v) is 15.4. The number of hydrogen-bond acceptors (Lipinski definition) is 11. The van der Waals surface area contributed by atoms with Gasteiger partial charge in [-0.05, 0) is 73.4 Å². The molecule has 4 aliphatic rings. The van der Waals surface area contributed by atoms with Crippen LogP contribution in [0.3, 0.4) is 0 Å². The number of hydrogen-bond donors (Lipinski definition) is 1. The minimum Gasteiger partial charge on any atom is -0.458 e. The molecule has 280 valence electrons. The van der Waals surface area contributed by atoms with Crippen LogP contribution in [0.2, 0.25) is 0 Å². The average molecular weight is 695 g/mol. The topological polar surface area (TPSA) is 131 Å². The SMILES string of the molecule is CC/C=C1\[C@H](C)C[C@]2(C)OCC(=O)CO[C@@H]([C@H](C)[C@H]2O[C@@H]2O[C@H](C)C[C@H](N(C)C)[C@H]2OC)[C@@H](C)C(=O)O[C@H](CC)[C@@]2(C)OC(=O)N[C@@H]2[C@H]1C. The molecule has 0 aromatic carbocycles. The minimum atomic E-state index is -1.12. The van der Waals surface area contributed by atoms with E-state index in [1.165, 1.54) is 0 Å². The van der Waals surface area contributed by atoms with Gasteiger partial charge in [0.2, 0.25) is 0 Å². The summed E-state index contributed by atoms with van der Waals surface area (Å²) in [5.74, 6) is -2.26. The number of cyclic esters (lactones) is 1. The van der Waals surface area contributed by atoms with Crippen LogP contribution in [-0.4, -0.2) is 117 Å². The van der Waals surface area contributed by atoms with Gasteiger partial charge >= 0.3 is 12.1 Å². The smallest absolute Gasteiger partial charge is 0.408 e. The third-order valence-electron chi connectivity index (χ3n) is 11.5. The van der Waals surface area contributed by atoms with E-state index in [1.54, 1.807) is 14.0 Å². The summed E-state index contributed by atoms with van der Waals surface area (Å²) in [6.45, 7) is 17.4. The first-order chi connectivity index (χ1) is 23.0. The quantitative estimate of drug-likeness (QED) is 0.308. The number of rotatable bonds is 6. The van der Waals surface area contributed by atoms with Gasteiger partial charge in [0, 0.05) is 25.0 Å². The summed E-state index contributed by atoms with van der Waals surface area (Å²) in [5, 5.41) is 3.05. The summed E-state index contributed by atoms with van der Waals surface area (Å²) in [4.78, 5) is 42.4. The molecule has 4 saturated heterocycles. The van der Waals surface area contributed by atoms with Crippen molar-refractivity contribution in [2.45, 2.75) is 148 Å². The van der Waals surface area contributed by atoms with Gasteiger partial charge in [0.05, 0.1) is 35.9 Å². The number of Topliss-reactive ketones (excluding diaryl/α,β-unsaturated/α-hetero) is 1. The lowest BCUT2D eigenvalue weighted by Crippen LogP contribution is -2.60. The van der Waals surface area contributed by atoms with E-state index in [0.29, 0.717) is 12.8 Å². The summed E-state index contributed by atoms with van der Waals surface area (Å²) in [5.41, 5.74) is -1.06. The van der Waals surface area contributed by atoms with Gasteiger partial charge in [0.25, 0.3) is 0 Å². The van der Waals surface area contributed by atoms with Crippen LogP contribution in [0.4, 0.5) is 4.79 Å². The number of ketones is 1. The number of allylic oxidation sites excluding steroid dienone is 1. The molecule has 0 unspecified atom stereocenters. The van der Waals surface area contributed by atoms with Gasteiger partial charge in [0.1, 0.15) is 25.4 Å². The first kappa shape index (κ1) is 39.7. The van der Waals surface area contributed by atoms with Crippen LogP contribution in [0.5, 0.6) is 0 Å². The Hall–Kier alpha value is -2.09. The van der Waals surface area contributed by atoms with Crippen molar-refractivity contribution in [3.63, 3.8) is 0 Å². The number of likely N-dealkylation sites (N-methyl/N-ethyl adjacent to an activating group) is 1. The molecule has 4 rings (SSSR count). The third kappa shape index (κ3) is 8.20. The van der Waals surface area contributed by atoms with E-state index >= 15 is 0 Å². The van der Waals surface area contributed by atoms with Gasteiger partial charge in [-0.15, -0.1) is 0 Å². The Balaban J connectivity index is 1.89. The Morgan fingerprint density at radius 3 is 2.33 bits per heavy atom. The van der Waals surface area contributed by atoms with Crippen molar-refractivity contribution in [1.29, 1.82) is 0 Å². The van der Waals surface area contributed by atoms with Crippen LogP contribution in [0.1, 0.15) is 88.0 Å². The van der Waals surface area contributed by atoms with Crippen LogP contribution in [0.15, 0.2) is 11.6 Å². The molecule has 49 heavy (non-hydrogen) atoms. The largest absolute Gasteiger partial charge is 0.458 e. The van der Waals surface area contributed by atoms with E-state index in [-0.39, 0.29) is 43.0 Å². The molecule has 4 aliphatic heterocycles. The van der Waals surface area contributed by atoms with Crippen LogP contribution in [0, 0.1) is 23.7 Å². The molecule has 1 amide bonds. The molecule has 2 bridgehead atoms. The highest BCUT2D eigenvalue weighted by molar-refractivity contribution is 5.81. The molecular formula is C37H62N2O10. The van der Waals surface area contributed by atoms with Crippen molar-refractivity contribution in [2.24, 2.45) is 23.7 Å². The monoisotopic (exact) mass is 694 g/mol. The normalized spacial score (nSPS) is 45.1. The lowest BCUT2D eigenvalue weighted by atomic mass is 9.71. The fourth-order valence-electron chi connectivity index (χ4n) is 8.95. The predicted octanol–water partition coefficient (Wildman–Crippen LogP) is 4.67.